The molecule has 1 saturated heterocycles. The Kier molecular flexibility index (Phi) is 4.43. The van der Waals surface area contributed by atoms with Crippen molar-refractivity contribution in [3.63, 3.8) is 0 Å². The maximum Gasteiger partial charge on any atom is 0.253 e. The topological polar surface area (TPSA) is 37.4 Å². The molecule has 1 heterocycles. The Labute approximate surface area is 121 Å². The SMILES string of the molecule is O=C(c1ccc(I)c(Cl)c1)N1CCS(=O)CC1. The van der Waals surface area contributed by atoms with Gasteiger partial charge in [-0.15, -0.1) is 0 Å². The van der Waals surface area contributed by atoms with Crippen LogP contribution < -0.4 is 0 Å². The molecule has 1 aromatic carbocycles. The van der Waals surface area contributed by atoms with Crippen LogP contribution in [0.25, 0.3) is 0 Å². The molecule has 1 amide bonds. The van der Waals surface area contributed by atoms with Crippen molar-refractivity contribution in [3.05, 3.63) is 32.4 Å². The molecule has 92 valence electrons. The Morgan fingerprint density at radius 1 is 1.35 bits per heavy atom. The third-order valence-corrected chi connectivity index (χ3v) is 5.48. The Hall–Kier alpha value is -0.140. The molecule has 1 aliphatic rings. The van der Waals surface area contributed by atoms with Gasteiger partial charge in [-0.2, -0.15) is 0 Å². The number of hydrogen-bond donors (Lipinski definition) is 0. The molecule has 1 aromatic rings. The molecule has 0 saturated carbocycles. The minimum absolute atomic E-state index is 0.0278. The first-order chi connectivity index (χ1) is 8.08. The van der Waals surface area contributed by atoms with Gasteiger partial charge >= 0.3 is 0 Å². The third kappa shape index (κ3) is 3.20. The Morgan fingerprint density at radius 2 is 2.00 bits per heavy atom. The molecule has 0 bridgehead atoms. The lowest BCUT2D eigenvalue weighted by Gasteiger charge is -2.26. The van der Waals surface area contributed by atoms with E-state index >= 15 is 0 Å². The van der Waals surface area contributed by atoms with Crippen molar-refractivity contribution in [3.8, 4) is 0 Å². The number of rotatable bonds is 1. The van der Waals surface area contributed by atoms with Crippen molar-refractivity contribution in [2.24, 2.45) is 0 Å². The molecule has 6 heteroatoms. The van der Waals surface area contributed by atoms with Crippen LogP contribution in [-0.4, -0.2) is 39.6 Å². The number of carbonyl (C=O) groups is 1. The van der Waals surface area contributed by atoms with Gasteiger partial charge in [0.15, 0.2) is 0 Å². The van der Waals surface area contributed by atoms with Crippen LogP contribution >= 0.6 is 34.2 Å². The van der Waals surface area contributed by atoms with Crippen molar-refractivity contribution in [2.75, 3.05) is 24.6 Å². The number of halogens is 2. The molecule has 0 aliphatic carbocycles. The number of hydrogen-bond acceptors (Lipinski definition) is 2. The first-order valence-corrected chi connectivity index (χ1v) is 8.11. The van der Waals surface area contributed by atoms with Crippen LogP contribution in [0.15, 0.2) is 18.2 Å². The van der Waals surface area contributed by atoms with Gasteiger partial charge in [0.1, 0.15) is 0 Å². The summed E-state index contributed by atoms with van der Waals surface area (Å²) < 4.78 is 12.1. The molecule has 1 fully saturated rings. The van der Waals surface area contributed by atoms with Crippen molar-refractivity contribution < 1.29 is 9.00 Å². The van der Waals surface area contributed by atoms with Gasteiger partial charge in [0.2, 0.25) is 0 Å². The van der Waals surface area contributed by atoms with Crippen molar-refractivity contribution in [2.45, 2.75) is 0 Å². The fraction of sp³-hybridized carbons (Fsp3) is 0.364. The summed E-state index contributed by atoms with van der Waals surface area (Å²) >= 11 is 8.12. The Bertz CT molecular complexity index is 471. The van der Waals surface area contributed by atoms with E-state index < -0.39 is 10.8 Å². The molecule has 0 aromatic heterocycles. The first kappa shape index (κ1) is 13.3. The Morgan fingerprint density at radius 3 is 2.59 bits per heavy atom. The van der Waals surface area contributed by atoms with Gasteiger partial charge in [0.25, 0.3) is 5.91 Å². The Balaban J connectivity index is 2.14. The maximum atomic E-state index is 12.1. The number of nitrogens with zero attached hydrogens (tertiary/aromatic N) is 1. The fourth-order valence-corrected chi connectivity index (χ4v) is 3.22. The van der Waals surface area contributed by atoms with Gasteiger partial charge in [-0.05, 0) is 40.8 Å². The molecule has 17 heavy (non-hydrogen) atoms. The molecule has 0 atom stereocenters. The van der Waals surface area contributed by atoms with Gasteiger partial charge in [-0.1, -0.05) is 11.6 Å². The van der Waals surface area contributed by atoms with E-state index in [-0.39, 0.29) is 5.91 Å². The van der Waals surface area contributed by atoms with E-state index in [0.29, 0.717) is 35.2 Å². The monoisotopic (exact) mass is 383 g/mol. The average Bonchev–Trinajstić information content (AvgIpc) is 2.33. The second kappa shape index (κ2) is 5.67. The normalized spacial score (nSPS) is 17.2. The highest BCUT2D eigenvalue weighted by Gasteiger charge is 2.21. The van der Waals surface area contributed by atoms with Gasteiger partial charge in [0.05, 0.1) is 5.02 Å². The highest BCUT2D eigenvalue weighted by Crippen LogP contribution is 2.20. The van der Waals surface area contributed by atoms with Crippen molar-refractivity contribution >= 4 is 50.9 Å². The third-order valence-electron chi connectivity index (χ3n) is 2.63. The zero-order valence-electron chi connectivity index (χ0n) is 8.99. The van der Waals surface area contributed by atoms with Gasteiger partial charge in [-0.25, -0.2) is 0 Å². The van der Waals surface area contributed by atoms with Crippen molar-refractivity contribution in [1.82, 2.24) is 4.90 Å². The second-order valence-corrected chi connectivity index (χ2v) is 7.03. The molecular formula is C11H11ClINO2S. The fourth-order valence-electron chi connectivity index (χ4n) is 1.65. The van der Waals surface area contributed by atoms with Crippen LogP contribution in [0, 0.1) is 3.57 Å². The predicted octanol–water partition coefficient (Wildman–Crippen LogP) is 2.15. The molecule has 0 radical (unpaired) electrons. The average molecular weight is 384 g/mol. The van der Waals surface area contributed by atoms with Crippen molar-refractivity contribution in [1.29, 1.82) is 0 Å². The summed E-state index contributed by atoms with van der Waals surface area (Å²) in [4.78, 5) is 13.9. The molecule has 0 unspecified atom stereocenters. The molecular weight excluding hydrogens is 373 g/mol. The maximum absolute atomic E-state index is 12.1. The van der Waals surface area contributed by atoms with Gasteiger partial charge in [0, 0.05) is 44.5 Å². The largest absolute Gasteiger partial charge is 0.337 e. The summed E-state index contributed by atoms with van der Waals surface area (Å²) in [5.74, 6) is 1.12. The van der Waals surface area contributed by atoms with Crippen LogP contribution in [0.5, 0.6) is 0 Å². The van der Waals surface area contributed by atoms with E-state index in [0.717, 1.165) is 3.57 Å². The van der Waals surface area contributed by atoms with E-state index in [2.05, 4.69) is 22.6 Å². The lowest BCUT2D eigenvalue weighted by Crippen LogP contribution is -2.41. The van der Waals surface area contributed by atoms with Crippen LogP contribution in [0.2, 0.25) is 5.02 Å². The zero-order valence-corrected chi connectivity index (χ0v) is 12.7. The molecule has 3 nitrogen and oxygen atoms in total. The number of benzene rings is 1. The first-order valence-electron chi connectivity index (χ1n) is 5.17. The summed E-state index contributed by atoms with van der Waals surface area (Å²) in [5, 5.41) is 0.594. The highest BCUT2D eigenvalue weighted by atomic mass is 127. The summed E-state index contributed by atoms with van der Waals surface area (Å²) in [5.41, 5.74) is 0.600. The highest BCUT2D eigenvalue weighted by molar-refractivity contribution is 14.1. The second-order valence-electron chi connectivity index (χ2n) is 3.77. The standard InChI is InChI=1S/C11H11ClINO2S/c12-9-7-8(1-2-10(9)13)11(15)14-3-5-17(16)6-4-14/h1-2,7H,3-6H2. The minimum Gasteiger partial charge on any atom is -0.337 e. The van der Waals surface area contributed by atoms with Crippen LogP contribution in [0.3, 0.4) is 0 Å². The summed E-state index contributed by atoms with van der Waals surface area (Å²) in [6, 6.07) is 5.30. The van der Waals surface area contributed by atoms with E-state index in [1.54, 1.807) is 17.0 Å². The van der Waals surface area contributed by atoms with E-state index in [1.807, 2.05) is 6.07 Å². The molecule has 0 spiro atoms. The predicted molar refractivity (Wildman–Crippen MR) is 77.9 cm³/mol. The van der Waals surface area contributed by atoms with E-state index in [9.17, 15) is 9.00 Å². The van der Waals surface area contributed by atoms with Gasteiger partial charge < -0.3 is 4.90 Å². The number of amides is 1. The van der Waals surface area contributed by atoms with Gasteiger partial charge in [-0.3, -0.25) is 9.00 Å². The number of carbonyl (C=O) groups excluding carboxylic acids is 1. The van der Waals surface area contributed by atoms with E-state index in [1.165, 1.54) is 0 Å². The minimum atomic E-state index is -0.763. The lowest BCUT2D eigenvalue weighted by atomic mass is 10.2. The van der Waals surface area contributed by atoms with Crippen LogP contribution in [-0.2, 0) is 10.8 Å². The molecule has 0 N–H and O–H groups in total. The quantitative estimate of drug-likeness (QED) is 0.697. The summed E-state index contributed by atoms with van der Waals surface area (Å²) in [6.45, 7) is 1.13. The summed E-state index contributed by atoms with van der Waals surface area (Å²) in [7, 11) is -0.763. The molecule has 1 aliphatic heterocycles. The molecule has 2 rings (SSSR count). The summed E-state index contributed by atoms with van der Waals surface area (Å²) in [6.07, 6.45) is 0. The zero-order chi connectivity index (χ0) is 12.4. The smallest absolute Gasteiger partial charge is 0.253 e. The lowest BCUT2D eigenvalue weighted by molar-refractivity contribution is 0.0771. The van der Waals surface area contributed by atoms with E-state index in [4.69, 9.17) is 11.6 Å². The van der Waals surface area contributed by atoms with Crippen LogP contribution in [0.1, 0.15) is 10.4 Å². The van der Waals surface area contributed by atoms with Crippen LogP contribution in [0.4, 0.5) is 0 Å².